The molecule has 29 heavy (non-hydrogen) atoms. The first-order chi connectivity index (χ1) is 14.1. The third kappa shape index (κ3) is 4.93. The third-order valence-corrected chi connectivity index (χ3v) is 4.07. The lowest BCUT2D eigenvalue weighted by Crippen LogP contribution is -2.22. The van der Waals surface area contributed by atoms with Gasteiger partial charge in [0.25, 0.3) is 5.91 Å². The minimum Gasteiger partial charge on any atom is -0.452 e. The van der Waals surface area contributed by atoms with E-state index in [9.17, 15) is 14.4 Å². The monoisotopic (exact) mass is 384 g/mol. The lowest BCUT2D eigenvalue weighted by molar-refractivity contribution is -0.119. The number of ether oxygens (including phenoxy) is 1. The summed E-state index contributed by atoms with van der Waals surface area (Å²) in [6.07, 6.45) is 0. The number of para-hydroxylation sites is 1. The molecule has 3 aromatic carbocycles. The van der Waals surface area contributed by atoms with Crippen molar-refractivity contribution in [3.63, 3.8) is 0 Å². The van der Waals surface area contributed by atoms with Crippen molar-refractivity contribution in [3.8, 4) is 6.07 Å². The summed E-state index contributed by atoms with van der Waals surface area (Å²) in [5.74, 6) is -1.48. The van der Waals surface area contributed by atoms with Crippen LogP contribution in [0.15, 0.2) is 78.9 Å². The predicted molar refractivity (Wildman–Crippen MR) is 106 cm³/mol. The molecule has 3 rings (SSSR count). The molecular formula is C23H16N2O4. The van der Waals surface area contributed by atoms with Crippen LogP contribution in [0.25, 0.3) is 0 Å². The normalized spacial score (nSPS) is 9.90. The maximum atomic E-state index is 12.7. The fourth-order valence-electron chi connectivity index (χ4n) is 2.62. The number of carbonyl (C=O) groups excluding carboxylic acids is 3. The van der Waals surface area contributed by atoms with E-state index in [2.05, 4.69) is 5.32 Å². The van der Waals surface area contributed by atoms with Crippen LogP contribution < -0.4 is 5.32 Å². The summed E-state index contributed by atoms with van der Waals surface area (Å²) in [7, 11) is 0. The number of benzene rings is 3. The Morgan fingerprint density at radius 3 is 2.17 bits per heavy atom. The lowest BCUT2D eigenvalue weighted by Gasteiger charge is -2.11. The molecule has 0 aliphatic rings. The van der Waals surface area contributed by atoms with Crippen LogP contribution in [-0.2, 0) is 9.53 Å². The van der Waals surface area contributed by atoms with E-state index in [0.717, 1.165) is 0 Å². The van der Waals surface area contributed by atoms with Crippen LogP contribution in [-0.4, -0.2) is 24.3 Å². The highest BCUT2D eigenvalue weighted by atomic mass is 16.5. The number of anilines is 1. The second kappa shape index (κ2) is 9.11. The lowest BCUT2D eigenvalue weighted by atomic mass is 10.0. The zero-order chi connectivity index (χ0) is 20.6. The summed E-state index contributed by atoms with van der Waals surface area (Å²) in [6.45, 7) is -0.507. The number of nitrogens with zero attached hydrogens (tertiary/aromatic N) is 1. The Bertz CT molecular complexity index is 1080. The van der Waals surface area contributed by atoms with Gasteiger partial charge in [0.05, 0.1) is 22.9 Å². The third-order valence-electron chi connectivity index (χ3n) is 4.07. The fraction of sp³-hybridized carbons (Fsp3) is 0.0435. The van der Waals surface area contributed by atoms with Gasteiger partial charge in [-0.25, -0.2) is 4.79 Å². The van der Waals surface area contributed by atoms with Crippen molar-refractivity contribution < 1.29 is 19.1 Å². The Morgan fingerprint density at radius 1 is 0.828 bits per heavy atom. The molecule has 0 saturated heterocycles. The number of amides is 1. The Morgan fingerprint density at radius 2 is 1.48 bits per heavy atom. The average Bonchev–Trinajstić information content (AvgIpc) is 2.78. The molecule has 6 nitrogen and oxygen atoms in total. The quantitative estimate of drug-likeness (QED) is 0.518. The number of carbonyl (C=O) groups is 3. The average molecular weight is 384 g/mol. The number of hydrogen-bond acceptors (Lipinski definition) is 5. The molecule has 0 saturated carbocycles. The summed E-state index contributed by atoms with van der Waals surface area (Å²) >= 11 is 0. The summed E-state index contributed by atoms with van der Waals surface area (Å²) in [4.78, 5) is 36.9. The Kier molecular flexibility index (Phi) is 6.13. The largest absolute Gasteiger partial charge is 0.452 e. The van der Waals surface area contributed by atoms with E-state index in [1.165, 1.54) is 24.3 Å². The van der Waals surface area contributed by atoms with Gasteiger partial charge in [-0.2, -0.15) is 5.26 Å². The van der Waals surface area contributed by atoms with Gasteiger partial charge in [0.1, 0.15) is 0 Å². The molecule has 0 spiro atoms. The molecule has 0 bridgehead atoms. The first-order valence-electron chi connectivity index (χ1n) is 8.74. The molecular weight excluding hydrogens is 368 g/mol. The van der Waals surface area contributed by atoms with Crippen LogP contribution in [0.4, 0.5) is 5.69 Å². The number of nitrogens with one attached hydrogen (secondary N) is 1. The standard InChI is InChI=1S/C23H16N2O4/c24-14-16-10-12-18(13-11-16)23(28)29-15-21(26)25-20-9-5-4-8-19(20)22(27)17-6-2-1-3-7-17/h1-13H,15H2,(H,25,26). The van der Waals surface area contributed by atoms with Crippen molar-refractivity contribution in [1.29, 1.82) is 5.26 Å². The molecule has 0 aliphatic heterocycles. The van der Waals surface area contributed by atoms with Crippen LogP contribution in [0.3, 0.4) is 0 Å². The summed E-state index contributed by atoms with van der Waals surface area (Å²) < 4.78 is 5.00. The van der Waals surface area contributed by atoms with E-state index in [1.807, 2.05) is 12.1 Å². The minimum absolute atomic E-state index is 0.226. The van der Waals surface area contributed by atoms with E-state index in [4.69, 9.17) is 10.00 Å². The first kappa shape index (κ1) is 19.5. The number of nitriles is 1. The van der Waals surface area contributed by atoms with Crippen LogP contribution in [0.2, 0.25) is 0 Å². The maximum absolute atomic E-state index is 12.7. The molecule has 3 aromatic rings. The molecule has 0 aromatic heterocycles. The fourth-order valence-corrected chi connectivity index (χ4v) is 2.62. The molecule has 0 radical (unpaired) electrons. The molecule has 1 amide bonds. The topological polar surface area (TPSA) is 96.3 Å². The molecule has 0 fully saturated rings. The van der Waals surface area contributed by atoms with Crippen LogP contribution in [0.1, 0.15) is 31.8 Å². The summed E-state index contributed by atoms with van der Waals surface area (Å²) in [5, 5.41) is 11.4. The van der Waals surface area contributed by atoms with Crippen LogP contribution >= 0.6 is 0 Å². The van der Waals surface area contributed by atoms with E-state index in [1.54, 1.807) is 48.5 Å². The summed E-state index contributed by atoms with van der Waals surface area (Å²) in [6, 6.07) is 23.2. The maximum Gasteiger partial charge on any atom is 0.338 e. The molecule has 0 atom stereocenters. The molecule has 1 N–H and O–H groups in total. The zero-order valence-electron chi connectivity index (χ0n) is 15.3. The van der Waals surface area contributed by atoms with E-state index in [-0.39, 0.29) is 11.3 Å². The van der Waals surface area contributed by atoms with Gasteiger partial charge in [0, 0.05) is 11.1 Å². The van der Waals surface area contributed by atoms with Crippen molar-refractivity contribution in [2.75, 3.05) is 11.9 Å². The van der Waals surface area contributed by atoms with Gasteiger partial charge in [-0.15, -0.1) is 0 Å². The second-order valence-corrected chi connectivity index (χ2v) is 6.05. The summed E-state index contributed by atoms with van der Waals surface area (Å²) in [5.41, 5.74) is 1.82. The van der Waals surface area contributed by atoms with Gasteiger partial charge in [0.15, 0.2) is 12.4 Å². The smallest absolute Gasteiger partial charge is 0.338 e. The highest BCUT2D eigenvalue weighted by Crippen LogP contribution is 2.19. The van der Waals surface area contributed by atoms with Gasteiger partial charge in [-0.1, -0.05) is 42.5 Å². The SMILES string of the molecule is N#Cc1ccc(C(=O)OCC(=O)Nc2ccccc2C(=O)c2ccccc2)cc1. The molecule has 0 heterocycles. The van der Waals surface area contributed by atoms with Crippen molar-refractivity contribution >= 4 is 23.3 Å². The Balaban J connectivity index is 1.64. The van der Waals surface area contributed by atoms with Gasteiger partial charge < -0.3 is 10.1 Å². The number of rotatable bonds is 6. The van der Waals surface area contributed by atoms with Gasteiger partial charge in [-0.05, 0) is 36.4 Å². The number of hydrogen-bond donors (Lipinski definition) is 1. The Hall–Kier alpha value is -4.24. The van der Waals surface area contributed by atoms with Gasteiger partial charge in [0.2, 0.25) is 0 Å². The van der Waals surface area contributed by atoms with Crippen molar-refractivity contribution in [3.05, 3.63) is 101 Å². The highest BCUT2D eigenvalue weighted by Gasteiger charge is 2.16. The van der Waals surface area contributed by atoms with Gasteiger partial charge >= 0.3 is 5.97 Å². The van der Waals surface area contributed by atoms with Gasteiger partial charge in [-0.3, -0.25) is 9.59 Å². The van der Waals surface area contributed by atoms with E-state index in [0.29, 0.717) is 22.4 Å². The Labute approximate surface area is 167 Å². The van der Waals surface area contributed by atoms with E-state index < -0.39 is 18.5 Å². The van der Waals surface area contributed by atoms with Crippen molar-refractivity contribution in [1.82, 2.24) is 0 Å². The van der Waals surface area contributed by atoms with Crippen molar-refractivity contribution in [2.24, 2.45) is 0 Å². The van der Waals surface area contributed by atoms with Crippen LogP contribution in [0.5, 0.6) is 0 Å². The number of esters is 1. The highest BCUT2D eigenvalue weighted by molar-refractivity contribution is 6.13. The van der Waals surface area contributed by atoms with Crippen molar-refractivity contribution in [2.45, 2.75) is 0 Å². The first-order valence-corrected chi connectivity index (χ1v) is 8.74. The van der Waals surface area contributed by atoms with Crippen LogP contribution in [0, 0.1) is 11.3 Å². The zero-order valence-corrected chi connectivity index (χ0v) is 15.3. The second-order valence-electron chi connectivity index (χ2n) is 6.05. The number of ketones is 1. The molecule has 0 aliphatic carbocycles. The van der Waals surface area contributed by atoms with E-state index >= 15 is 0 Å². The molecule has 142 valence electrons. The minimum atomic E-state index is -0.682. The predicted octanol–water partition coefficient (Wildman–Crippen LogP) is 3.58. The molecule has 6 heteroatoms. The molecule has 0 unspecified atom stereocenters.